The minimum absolute atomic E-state index is 0.0529. The third-order valence-corrected chi connectivity index (χ3v) is 4.16. The van der Waals surface area contributed by atoms with Crippen LogP contribution in [0.3, 0.4) is 0 Å². The van der Waals surface area contributed by atoms with E-state index in [9.17, 15) is 4.79 Å². The first-order valence-corrected chi connectivity index (χ1v) is 8.57. The average Bonchev–Trinajstić information content (AvgIpc) is 3.08. The second kappa shape index (κ2) is 8.25. The lowest BCUT2D eigenvalue weighted by Gasteiger charge is -2.03. The van der Waals surface area contributed by atoms with Crippen molar-refractivity contribution in [1.29, 1.82) is 0 Å². The second-order valence-electron chi connectivity index (χ2n) is 5.85. The summed E-state index contributed by atoms with van der Waals surface area (Å²) in [7, 11) is 1.61. The number of nitrogens with zero attached hydrogens (tertiary/aromatic N) is 3. The van der Waals surface area contributed by atoms with Crippen LogP contribution in [0.25, 0.3) is 0 Å². The number of aromatic nitrogens is 2. The zero-order valence-corrected chi connectivity index (χ0v) is 15.0. The van der Waals surface area contributed by atoms with Gasteiger partial charge in [-0.15, -0.1) is 4.68 Å². The van der Waals surface area contributed by atoms with Crippen molar-refractivity contribution >= 4 is 12.0 Å². The molecule has 0 spiro atoms. The summed E-state index contributed by atoms with van der Waals surface area (Å²) in [6.45, 7) is 2.33. The molecule has 0 bridgehead atoms. The summed E-state index contributed by atoms with van der Waals surface area (Å²) >= 11 is 0. The second-order valence-corrected chi connectivity index (χ2v) is 5.85. The van der Waals surface area contributed by atoms with Gasteiger partial charge >= 0.3 is 0 Å². The SMILES string of the molecule is CCc1n(/N=C/c2ccccc2)cc[n+]1CC(=O)c1ccc(OC)cc1. The Morgan fingerprint density at radius 2 is 1.88 bits per heavy atom. The van der Waals surface area contributed by atoms with E-state index in [0.717, 1.165) is 23.6 Å². The van der Waals surface area contributed by atoms with Gasteiger partial charge in [0.2, 0.25) is 5.78 Å². The van der Waals surface area contributed by atoms with Crippen LogP contribution >= 0.6 is 0 Å². The van der Waals surface area contributed by atoms with Crippen molar-refractivity contribution in [3.8, 4) is 5.75 Å². The molecule has 0 unspecified atom stereocenters. The number of carbonyl (C=O) groups is 1. The molecule has 0 saturated heterocycles. The maximum absolute atomic E-state index is 12.6. The zero-order chi connectivity index (χ0) is 18.4. The van der Waals surface area contributed by atoms with Crippen LogP contribution in [0, 0.1) is 0 Å². The third kappa shape index (κ3) is 4.06. The lowest BCUT2D eigenvalue weighted by Crippen LogP contribution is -2.40. The van der Waals surface area contributed by atoms with E-state index in [2.05, 4.69) is 12.0 Å². The average molecular weight is 348 g/mol. The molecule has 3 aromatic rings. The first kappa shape index (κ1) is 17.6. The Morgan fingerprint density at radius 1 is 1.15 bits per heavy atom. The molecule has 0 aliphatic rings. The first-order valence-electron chi connectivity index (χ1n) is 8.57. The molecule has 1 heterocycles. The monoisotopic (exact) mass is 348 g/mol. The van der Waals surface area contributed by atoms with Gasteiger partial charge in [0.1, 0.15) is 11.9 Å². The molecule has 1 aromatic heterocycles. The van der Waals surface area contributed by atoms with Crippen molar-refractivity contribution in [2.24, 2.45) is 5.10 Å². The van der Waals surface area contributed by atoms with Crippen LogP contribution < -0.4 is 9.30 Å². The minimum Gasteiger partial charge on any atom is -0.497 e. The molecular formula is C21H22N3O2+. The summed E-state index contributed by atoms with van der Waals surface area (Å²) < 4.78 is 8.89. The number of ketones is 1. The van der Waals surface area contributed by atoms with Crippen molar-refractivity contribution in [1.82, 2.24) is 4.68 Å². The van der Waals surface area contributed by atoms with Crippen LogP contribution in [0.2, 0.25) is 0 Å². The molecule has 0 aliphatic carbocycles. The van der Waals surface area contributed by atoms with Crippen molar-refractivity contribution < 1.29 is 14.1 Å². The van der Waals surface area contributed by atoms with E-state index < -0.39 is 0 Å². The van der Waals surface area contributed by atoms with E-state index in [-0.39, 0.29) is 12.3 Å². The Labute approximate surface area is 153 Å². The van der Waals surface area contributed by atoms with E-state index >= 15 is 0 Å². The fourth-order valence-corrected chi connectivity index (χ4v) is 2.75. The number of imidazole rings is 1. The summed E-state index contributed by atoms with van der Waals surface area (Å²) in [6, 6.07) is 17.1. The molecule has 0 fully saturated rings. The fraction of sp³-hybridized carbons (Fsp3) is 0.190. The topological polar surface area (TPSA) is 47.5 Å². The van der Waals surface area contributed by atoms with Crippen LogP contribution in [0.5, 0.6) is 5.75 Å². The van der Waals surface area contributed by atoms with Crippen molar-refractivity contribution in [3.63, 3.8) is 0 Å². The Kier molecular flexibility index (Phi) is 5.59. The van der Waals surface area contributed by atoms with Gasteiger partial charge in [-0.3, -0.25) is 4.79 Å². The highest BCUT2D eigenvalue weighted by atomic mass is 16.5. The normalized spacial score (nSPS) is 11.0. The highest BCUT2D eigenvalue weighted by Crippen LogP contribution is 2.12. The Balaban J connectivity index is 1.77. The number of carbonyl (C=O) groups excluding carboxylic acids is 1. The predicted molar refractivity (Wildman–Crippen MR) is 101 cm³/mol. The molecule has 0 radical (unpaired) electrons. The maximum Gasteiger partial charge on any atom is 0.282 e. The third-order valence-electron chi connectivity index (χ3n) is 4.16. The number of rotatable bonds is 7. The number of hydrogen-bond donors (Lipinski definition) is 0. The molecule has 3 rings (SSSR count). The minimum atomic E-state index is 0.0529. The van der Waals surface area contributed by atoms with Gasteiger partial charge in [-0.1, -0.05) is 42.4 Å². The number of Topliss-reactive ketones (excluding diaryl/α,β-unsaturated/α-hetero) is 1. The summed E-state index contributed by atoms with van der Waals surface area (Å²) in [5.41, 5.74) is 1.70. The Bertz CT molecular complexity index is 897. The van der Waals surface area contributed by atoms with Gasteiger partial charge in [-0.2, -0.15) is 0 Å². The van der Waals surface area contributed by atoms with Gasteiger partial charge in [-0.25, -0.2) is 4.57 Å². The number of methoxy groups -OCH3 is 1. The zero-order valence-electron chi connectivity index (χ0n) is 15.0. The van der Waals surface area contributed by atoms with E-state index in [4.69, 9.17) is 4.74 Å². The standard InChI is InChI=1S/C21H22N3O2/c1-3-21-23(16-20(25)18-9-11-19(26-2)12-10-18)13-14-24(21)22-15-17-7-5-4-6-8-17/h4-15H,3,16H2,1-2H3/q+1/b22-15+. The molecule has 0 atom stereocenters. The molecule has 132 valence electrons. The van der Waals surface area contributed by atoms with Gasteiger partial charge in [0.15, 0.2) is 12.7 Å². The van der Waals surface area contributed by atoms with Gasteiger partial charge in [0, 0.05) is 12.0 Å². The fourth-order valence-electron chi connectivity index (χ4n) is 2.75. The largest absolute Gasteiger partial charge is 0.497 e. The van der Waals surface area contributed by atoms with Crippen molar-refractivity contribution in [3.05, 3.63) is 83.9 Å². The molecule has 0 amide bonds. The molecule has 0 saturated carbocycles. The summed E-state index contributed by atoms with van der Waals surface area (Å²) in [5.74, 6) is 1.76. The molecule has 5 nitrogen and oxygen atoms in total. The maximum atomic E-state index is 12.6. The smallest absolute Gasteiger partial charge is 0.282 e. The van der Waals surface area contributed by atoms with Crippen molar-refractivity contribution in [2.75, 3.05) is 7.11 Å². The molecule has 0 N–H and O–H groups in total. The van der Waals surface area contributed by atoms with Gasteiger partial charge in [0.05, 0.1) is 13.3 Å². The number of benzene rings is 2. The predicted octanol–water partition coefficient (Wildman–Crippen LogP) is 3.11. The highest BCUT2D eigenvalue weighted by Gasteiger charge is 2.18. The number of hydrogen-bond acceptors (Lipinski definition) is 3. The van der Waals surface area contributed by atoms with Crippen LogP contribution in [-0.4, -0.2) is 23.8 Å². The molecule has 26 heavy (non-hydrogen) atoms. The Morgan fingerprint density at radius 3 is 2.54 bits per heavy atom. The Hall–Kier alpha value is -3.21. The quantitative estimate of drug-likeness (QED) is 0.374. The lowest BCUT2D eigenvalue weighted by atomic mass is 10.1. The molecule has 2 aromatic carbocycles. The van der Waals surface area contributed by atoms with Crippen LogP contribution in [0.4, 0.5) is 0 Å². The lowest BCUT2D eigenvalue weighted by molar-refractivity contribution is -0.690. The van der Waals surface area contributed by atoms with Crippen LogP contribution in [0.1, 0.15) is 28.7 Å². The van der Waals surface area contributed by atoms with E-state index in [1.165, 1.54) is 0 Å². The van der Waals surface area contributed by atoms with E-state index in [1.54, 1.807) is 31.4 Å². The van der Waals surface area contributed by atoms with Crippen molar-refractivity contribution in [2.45, 2.75) is 19.9 Å². The van der Waals surface area contributed by atoms with Gasteiger partial charge in [-0.05, 0) is 29.8 Å². The molecule has 5 heteroatoms. The first-order chi connectivity index (χ1) is 12.7. The summed E-state index contributed by atoms with van der Waals surface area (Å²) in [5, 5.41) is 4.51. The summed E-state index contributed by atoms with van der Waals surface area (Å²) in [6.07, 6.45) is 6.35. The van der Waals surface area contributed by atoms with Gasteiger partial charge in [0.25, 0.3) is 5.82 Å². The number of ether oxygens (including phenoxy) is 1. The van der Waals surface area contributed by atoms with E-state index in [1.807, 2.05) is 58.2 Å². The molecular weight excluding hydrogens is 326 g/mol. The highest BCUT2D eigenvalue weighted by molar-refractivity contribution is 5.95. The van der Waals surface area contributed by atoms with Gasteiger partial charge < -0.3 is 4.74 Å². The molecule has 0 aliphatic heterocycles. The summed E-state index contributed by atoms with van der Waals surface area (Å²) in [4.78, 5) is 12.6. The van der Waals surface area contributed by atoms with E-state index in [0.29, 0.717) is 5.56 Å². The van der Waals surface area contributed by atoms with Crippen LogP contribution in [0.15, 0.2) is 72.1 Å². The van der Waals surface area contributed by atoms with Crippen LogP contribution in [-0.2, 0) is 13.0 Å².